The number of piperidine rings is 1. The first kappa shape index (κ1) is 7.36. The minimum absolute atomic E-state index is 0. The number of halogens is 1. The molecule has 1 N–H and O–H groups in total. The van der Waals surface area contributed by atoms with E-state index in [4.69, 9.17) is 0 Å². The molecule has 0 radical (unpaired) electrons. The van der Waals surface area contributed by atoms with Gasteiger partial charge in [-0.1, -0.05) is 0 Å². The first-order chi connectivity index (χ1) is 3.97. The molecular weight excluding hydrogens is 134 g/mol. The fourth-order valence-corrected chi connectivity index (χ4v) is 1.86. The van der Waals surface area contributed by atoms with Gasteiger partial charge in [-0.2, -0.15) is 0 Å². The molecule has 1 nitrogen and oxygen atoms in total. The Bertz CT molecular complexity index is 82.9. The normalized spacial score (nSPS) is 40.0. The third-order valence-electron chi connectivity index (χ3n) is 2.67. The fraction of sp³-hybridized carbons (Fsp3) is 1.00. The highest BCUT2D eigenvalue weighted by atomic mass is 35.5. The van der Waals surface area contributed by atoms with Crippen molar-refractivity contribution in [1.82, 2.24) is 5.32 Å². The number of hydrogen-bond acceptors (Lipinski definition) is 1. The van der Waals surface area contributed by atoms with Gasteiger partial charge in [-0.15, -0.1) is 12.4 Å². The average molecular weight is 148 g/mol. The predicted molar refractivity (Wildman–Crippen MR) is 40.9 cm³/mol. The summed E-state index contributed by atoms with van der Waals surface area (Å²) in [4.78, 5) is 0. The van der Waals surface area contributed by atoms with Gasteiger partial charge in [0.05, 0.1) is 0 Å². The van der Waals surface area contributed by atoms with Crippen LogP contribution in [0.2, 0.25) is 0 Å². The maximum absolute atomic E-state index is 3.42. The van der Waals surface area contributed by atoms with E-state index in [1.807, 2.05) is 0 Å². The number of nitrogens with one attached hydrogen (secondary N) is 1. The second-order valence-corrected chi connectivity index (χ2v) is 3.09. The summed E-state index contributed by atoms with van der Waals surface area (Å²) in [5, 5.41) is 3.42. The first-order valence-electron chi connectivity index (χ1n) is 3.67. The van der Waals surface area contributed by atoms with Crippen molar-refractivity contribution in [3.05, 3.63) is 0 Å². The lowest BCUT2D eigenvalue weighted by Gasteiger charge is -2.40. The van der Waals surface area contributed by atoms with Crippen LogP contribution >= 0.6 is 12.4 Å². The van der Waals surface area contributed by atoms with Crippen LogP contribution in [0.5, 0.6) is 0 Å². The Hall–Kier alpha value is 0.250. The molecule has 54 valence electrons. The summed E-state index contributed by atoms with van der Waals surface area (Å²) in [5.41, 5.74) is 0. The third-order valence-corrected chi connectivity index (χ3v) is 2.67. The predicted octanol–water partition coefficient (Wildman–Crippen LogP) is 1.43. The van der Waals surface area contributed by atoms with Crippen LogP contribution in [0.4, 0.5) is 0 Å². The molecule has 0 aromatic heterocycles. The third kappa shape index (κ3) is 1.22. The van der Waals surface area contributed by atoms with Gasteiger partial charge in [-0.3, -0.25) is 0 Å². The molecule has 0 amide bonds. The zero-order chi connectivity index (χ0) is 5.40. The van der Waals surface area contributed by atoms with Crippen LogP contribution in [0.1, 0.15) is 19.3 Å². The van der Waals surface area contributed by atoms with Crippen molar-refractivity contribution in [2.24, 2.45) is 11.8 Å². The van der Waals surface area contributed by atoms with E-state index >= 15 is 0 Å². The smallest absolute Gasteiger partial charge is 0.00179 e. The number of fused-ring (bicyclic) bond motifs is 1. The van der Waals surface area contributed by atoms with Crippen molar-refractivity contribution >= 4 is 12.4 Å². The topological polar surface area (TPSA) is 12.0 Å². The molecular formula is C7H14ClN. The van der Waals surface area contributed by atoms with E-state index in [2.05, 4.69) is 5.32 Å². The van der Waals surface area contributed by atoms with Crippen LogP contribution in [0, 0.1) is 11.8 Å². The van der Waals surface area contributed by atoms with E-state index < -0.39 is 0 Å². The van der Waals surface area contributed by atoms with Crippen molar-refractivity contribution in [1.29, 1.82) is 0 Å². The summed E-state index contributed by atoms with van der Waals surface area (Å²) in [6.45, 7) is 2.59. The summed E-state index contributed by atoms with van der Waals surface area (Å²) in [6, 6.07) is 0. The molecule has 2 aliphatic rings. The van der Waals surface area contributed by atoms with Crippen LogP contribution in [-0.4, -0.2) is 13.1 Å². The summed E-state index contributed by atoms with van der Waals surface area (Å²) in [6.07, 6.45) is 4.47. The van der Waals surface area contributed by atoms with Crippen LogP contribution in [-0.2, 0) is 0 Å². The van der Waals surface area contributed by atoms with Gasteiger partial charge < -0.3 is 5.32 Å². The molecule has 0 bridgehead atoms. The van der Waals surface area contributed by atoms with Gasteiger partial charge in [-0.25, -0.2) is 0 Å². The number of rotatable bonds is 0. The van der Waals surface area contributed by atoms with Gasteiger partial charge >= 0.3 is 0 Å². The molecule has 1 saturated carbocycles. The second-order valence-electron chi connectivity index (χ2n) is 3.09. The molecule has 1 saturated heterocycles. The van der Waals surface area contributed by atoms with E-state index in [0.717, 1.165) is 11.8 Å². The molecule has 0 aromatic carbocycles. The van der Waals surface area contributed by atoms with Crippen molar-refractivity contribution in [2.45, 2.75) is 19.3 Å². The maximum Gasteiger partial charge on any atom is -0.00179 e. The second kappa shape index (κ2) is 2.89. The maximum atomic E-state index is 3.42. The molecule has 1 aliphatic heterocycles. The minimum atomic E-state index is 0. The molecule has 2 fully saturated rings. The van der Waals surface area contributed by atoms with Crippen LogP contribution in [0.25, 0.3) is 0 Å². The van der Waals surface area contributed by atoms with E-state index in [1.165, 1.54) is 32.4 Å². The number of hydrogen-bond donors (Lipinski definition) is 1. The molecule has 2 atom stereocenters. The summed E-state index contributed by atoms with van der Waals surface area (Å²) in [5.74, 6) is 2.19. The minimum Gasteiger partial charge on any atom is -0.316 e. The molecule has 1 aliphatic carbocycles. The van der Waals surface area contributed by atoms with Gasteiger partial charge in [0.15, 0.2) is 0 Å². The zero-order valence-corrected chi connectivity index (χ0v) is 6.41. The fourth-order valence-electron chi connectivity index (χ4n) is 1.86. The Morgan fingerprint density at radius 3 is 2.11 bits per heavy atom. The molecule has 9 heavy (non-hydrogen) atoms. The van der Waals surface area contributed by atoms with E-state index in [9.17, 15) is 0 Å². The Morgan fingerprint density at radius 2 is 1.78 bits per heavy atom. The van der Waals surface area contributed by atoms with Gasteiger partial charge in [0.25, 0.3) is 0 Å². The van der Waals surface area contributed by atoms with Crippen molar-refractivity contribution < 1.29 is 0 Å². The van der Waals surface area contributed by atoms with Gasteiger partial charge in [-0.05, 0) is 44.2 Å². The van der Waals surface area contributed by atoms with Gasteiger partial charge in [0, 0.05) is 0 Å². The monoisotopic (exact) mass is 147 g/mol. The van der Waals surface area contributed by atoms with E-state index in [1.54, 1.807) is 0 Å². The molecule has 1 heterocycles. The molecule has 0 spiro atoms. The van der Waals surface area contributed by atoms with Crippen LogP contribution in [0.15, 0.2) is 0 Å². The van der Waals surface area contributed by atoms with Crippen molar-refractivity contribution in [3.63, 3.8) is 0 Å². The first-order valence-corrected chi connectivity index (χ1v) is 3.67. The van der Waals surface area contributed by atoms with Crippen molar-refractivity contribution in [2.75, 3.05) is 13.1 Å². The highest BCUT2D eigenvalue weighted by molar-refractivity contribution is 5.85. The molecule has 2 rings (SSSR count). The highest BCUT2D eigenvalue weighted by Crippen LogP contribution is 2.37. The SMILES string of the molecule is C1CC2CCC2CN1.Cl. The lowest BCUT2D eigenvalue weighted by Crippen LogP contribution is -2.42. The van der Waals surface area contributed by atoms with Gasteiger partial charge in [0.2, 0.25) is 0 Å². The quantitative estimate of drug-likeness (QED) is 0.547. The largest absolute Gasteiger partial charge is 0.316 e. The lowest BCUT2D eigenvalue weighted by atomic mass is 9.70. The Kier molecular flexibility index (Phi) is 2.36. The summed E-state index contributed by atoms with van der Waals surface area (Å²) >= 11 is 0. The van der Waals surface area contributed by atoms with Crippen molar-refractivity contribution in [3.8, 4) is 0 Å². The zero-order valence-electron chi connectivity index (χ0n) is 5.60. The van der Waals surface area contributed by atoms with E-state index in [0.29, 0.717) is 0 Å². The highest BCUT2D eigenvalue weighted by Gasteiger charge is 2.31. The van der Waals surface area contributed by atoms with Gasteiger partial charge in [0.1, 0.15) is 0 Å². The molecule has 0 aromatic rings. The average Bonchev–Trinajstić information content (AvgIpc) is 1.72. The molecule has 2 heteroatoms. The van der Waals surface area contributed by atoms with Crippen LogP contribution in [0.3, 0.4) is 0 Å². The summed E-state index contributed by atoms with van der Waals surface area (Å²) in [7, 11) is 0. The van der Waals surface area contributed by atoms with Crippen LogP contribution < -0.4 is 5.32 Å². The lowest BCUT2D eigenvalue weighted by molar-refractivity contribution is 0.130. The Balaban J connectivity index is 0.000000405. The summed E-state index contributed by atoms with van der Waals surface area (Å²) < 4.78 is 0. The molecule has 2 unspecified atom stereocenters. The Labute approximate surface area is 62.6 Å². The standard InChI is InChI=1S/C7H13N.ClH/c1-2-7-5-8-4-3-6(1)7;/h6-8H,1-5H2;1H. The van der Waals surface area contributed by atoms with E-state index in [-0.39, 0.29) is 12.4 Å². The Morgan fingerprint density at radius 1 is 1.00 bits per heavy atom.